The molecule has 0 spiro atoms. The Bertz CT molecular complexity index is 729. The number of hydrogen-bond donors (Lipinski definition) is 1. The van der Waals surface area contributed by atoms with Crippen LogP contribution in [-0.4, -0.2) is 7.11 Å². The first kappa shape index (κ1) is 13.7. The lowest BCUT2D eigenvalue weighted by Gasteiger charge is -2.14. The largest absolute Gasteiger partial charge is 0.497 e. The van der Waals surface area contributed by atoms with Gasteiger partial charge in [-0.1, -0.05) is 54.6 Å². The van der Waals surface area contributed by atoms with E-state index in [1.54, 1.807) is 7.11 Å². The molecule has 0 aromatic heterocycles. The predicted molar refractivity (Wildman–Crippen MR) is 87.6 cm³/mol. The van der Waals surface area contributed by atoms with Crippen molar-refractivity contribution in [1.29, 1.82) is 0 Å². The Labute approximate surface area is 125 Å². The van der Waals surface area contributed by atoms with Gasteiger partial charge in [-0.05, 0) is 40.5 Å². The van der Waals surface area contributed by atoms with Crippen LogP contribution in [0.4, 0.5) is 0 Å². The highest BCUT2D eigenvalue weighted by atomic mass is 16.5. The van der Waals surface area contributed by atoms with E-state index < -0.39 is 0 Å². The summed E-state index contributed by atoms with van der Waals surface area (Å²) >= 11 is 0. The zero-order chi connectivity index (χ0) is 14.7. The fourth-order valence-corrected chi connectivity index (χ4v) is 2.68. The second-order valence-electron chi connectivity index (χ2n) is 5.22. The lowest BCUT2D eigenvalue weighted by molar-refractivity contribution is 0.414. The van der Waals surface area contributed by atoms with E-state index in [0.29, 0.717) is 0 Å². The highest BCUT2D eigenvalue weighted by Crippen LogP contribution is 2.24. The van der Waals surface area contributed by atoms with Gasteiger partial charge in [0.1, 0.15) is 5.75 Å². The van der Waals surface area contributed by atoms with Crippen LogP contribution in [0.3, 0.4) is 0 Å². The van der Waals surface area contributed by atoms with Gasteiger partial charge in [-0.3, -0.25) is 0 Å². The van der Waals surface area contributed by atoms with E-state index in [1.807, 2.05) is 24.3 Å². The quantitative estimate of drug-likeness (QED) is 0.779. The molecule has 3 aromatic carbocycles. The molecule has 2 heteroatoms. The van der Waals surface area contributed by atoms with Crippen LogP contribution in [0, 0.1) is 0 Å². The van der Waals surface area contributed by atoms with Gasteiger partial charge in [0.25, 0.3) is 0 Å². The van der Waals surface area contributed by atoms with Crippen molar-refractivity contribution in [2.24, 2.45) is 5.73 Å². The Kier molecular flexibility index (Phi) is 3.89. The molecule has 3 rings (SSSR count). The second kappa shape index (κ2) is 5.98. The molecule has 106 valence electrons. The summed E-state index contributed by atoms with van der Waals surface area (Å²) in [7, 11) is 1.67. The van der Waals surface area contributed by atoms with Gasteiger partial charge in [-0.15, -0.1) is 0 Å². The molecule has 21 heavy (non-hydrogen) atoms. The summed E-state index contributed by atoms with van der Waals surface area (Å²) in [5.41, 5.74) is 8.79. The molecule has 0 radical (unpaired) electrons. The summed E-state index contributed by atoms with van der Waals surface area (Å²) in [6.45, 7) is 0. The van der Waals surface area contributed by atoms with Gasteiger partial charge in [0.15, 0.2) is 0 Å². The van der Waals surface area contributed by atoms with Crippen LogP contribution in [0.2, 0.25) is 0 Å². The molecule has 0 aliphatic heterocycles. The molecule has 1 unspecified atom stereocenters. The molecule has 3 aromatic rings. The molecule has 0 bridgehead atoms. The maximum Gasteiger partial charge on any atom is 0.118 e. The van der Waals surface area contributed by atoms with Crippen LogP contribution in [0.1, 0.15) is 17.2 Å². The number of hydrogen-bond acceptors (Lipinski definition) is 2. The summed E-state index contributed by atoms with van der Waals surface area (Å²) in [6, 6.07) is 22.8. The summed E-state index contributed by atoms with van der Waals surface area (Å²) in [4.78, 5) is 0. The highest BCUT2D eigenvalue weighted by Gasteiger charge is 2.09. The first-order valence-electron chi connectivity index (χ1n) is 7.14. The van der Waals surface area contributed by atoms with Gasteiger partial charge in [-0.2, -0.15) is 0 Å². The number of benzene rings is 3. The van der Waals surface area contributed by atoms with Crippen molar-refractivity contribution in [2.75, 3.05) is 7.11 Å². The van der Waals surface area contributed by atoms with Crippen molar-refractivity contribution >= 4 is 10.8 Å². The van der Waals surface area contributed by atoms with E-state index in [9.17, 15) is 0 Å². The first-order valence-corrected chi connectivity index (χ1v) is 7.14. The van der Waals surface area contributed by atoms with E-state index >= 15 is 0 Å². The molecule has 2 N–H and O–H groups in total. The van der Waals surface area contributed by atoms with Crippen LogP contribution in [0.25, 0.3) is 10.8 Å². The van der Waals surface area contributed by atoms with Crippen molar-refractivity contribution < 1.29 is 4.74 Å². The summed E-state index contributed by atoms with van der Waals surface area (Å²) in [5.74, 6) is 0.858. The van der Waals surface area contributed by atoms with E-state index in [1.165, 1.54) is 16.3 Å². The lowest BCUT2D eigenvalue weighted by Crippen LogP contribution is -2.13. The van der Waals surface area contributed by atoms with Crippen LogP contribution in [-0.2, 0) is 6.42 Å². The van der Waals surface area contributed by atoms with E-state index in [0.717, 1.165) is 17.7 Å². The zero-order valence-electron chi connectivity index (χ0n) is 12.1. The SMILES string of the molecule is COc1ccc(C(N)Cc2cccc3ccccc23)cc1. The monoisotopic (exact) mass is 277 g/mol. The Hall–Kier alpha value is -2.32. The zero-order valence-corrected chi connectivity index (χ0v) is 12.1. The van der Waals surface area contributed by atoms with E-state index in [4.69, 9.17) is 10.5 Å². The molecular weight excluding hydrogens is 258 g/mol. The second-order valence-corrected chi connectivity index (χ2v) is 5.22. The standard InChI is InChI=1S/C19H19NO/c1-21-17-11-9-15(10-12-17)19(20)13-16-7-4-6-14-5-2-3-8-18(14)16/h2-12,19H,13,20H2,1H3. The summed E-state index contributed by atoms with van der Waals surface area (Å²) in [6.07, 6.45) is 0.827. The number of ether oxygens (including phenoxy) is 1. The third-order valence-electron chi connectivity index (χ3n) is 3.86. The predicted octanol–water partition coefficient (Wildman–Crippen LogP) is 4.09. The van der Waals surface area contributed by atoms with Gasteiger partial charge in [0.05, 0.1) is 7.11 Å². The third-order valence-corrected chi connectivity index (χ3v) is 3.86. The average Bonchev–Trinajstić information content (AvgIpc) is 2.55. The molecule has 1 atom stereocenters. The van der Waals surface area contributed by atoms with Gasteiger partial charge < -0.3 is 10.5 Å². The molecule has 0 aliphatic rings. The number of fused-ring (bicyclic) bond motifs is 1. The van der Waals surface area contributed by atoms with Crippen molar-refractivity contribution in [3.63, 3.8) is 0 Å². The van der Waals surface area contributed by atoms with Gasteiger partial charge in [-0.25, -0.2) is 0 Å². The number of nitrogens with two attached hydrogens (primary N) is 1. The Morgan fingerprint density at radius 1 is 0.905 bits per heavy atom. The molecule has 0 fully saturated rings. The summed E-state index contributed by atoms with van der Waals surface area (Å²) in [5, 5.41) is 2.54. The van der Waals surface area contributed by atoms with Crippen molar-refractivity contribution in [3.8, 4) is 5.75 Å². The van der Waals surface area contributed by atoms with Gasteiger partial charge in [0.2, 0.25) is 0 Å². The molecule has 0 saturated carbocycles. The van der Waals surface area contributed by atoms with Gasteiger partial charge in [0, 0.05) is 6.04 Å². The van der Waals surface area contributed by atoms with Crippen molar-refractivity contribution in [3.05, 3.63) is 77.9 Å². The van der Waals surface area contributed by atoms with E-state index in [-0.39, 0.29) is 6.04 Å². The van der Waals surface area contributed by atoms with Crippen LogP contribution in [0.5, 0.6) is 5.75 Å². The Balaban J connectivity index is 1.87. The fourth-order valence-electron chi connectivity index (χ4n) is 2.68. The maximum absolute atomic E-state index is 6.37. The minimum atomic E-state index is -0.0123. The van der Waals surface area contributed by atoms with Gasteiger partial charge >= 0.3 is 0 Å². The Morgan fingerprint density at radius 3 is 2.38 bits per heavy atom. The minimum Gasteiger partial charge on any atom is -0.497 e. The minimum absolute atomic E-state index is 0.0123. The molecule has 0 amide bonds. The molecule has 0 heterocycles. The Morgan fingerprint density at radius 2 is 1.62 bits per heavy atom. The molecule has 2 nitrogen and oxygen atoms in total. The highest BCUT2D eigenvalue weighted by molar-refractivity contribution is 5.85. The average molecular weight is 277 g/mol. The first-order chi connectivity index (χ1) is 10.3. The normalized spacial score (nSPS) is 12.3. The van der Waals surface area contributed by atoms with Crippen LogP contribution < -0.4 is 10.5 Å². The molecule has 0 aliphatic carbocycles. The van der Waals surface area contributed by atoms with Crippen molar-refractivity contribution in [2.45, 2.75) is 12.5 Å². The number of rotatable bonds is 4. The fraction of sp³-hybridized carbons (Fsp3) is 0.158. The smallest absolute Gasteiger partial charge is 0.118 e. The topological polar surface area (TPSA) is 35.2 Å². The summed E-state index contributed by atoms with van der Waals surface area (Å²) < 4.78 is 5.18. The third kappa shape index (κ3) is 2.91. The van der Waals surface area contributed by atoms with E-state index in [2.05, 4.69) is 42.5 Å². The van der Waals surface area contributed by atoms with Crippen molar-refractivity contribution in [1.82, 2.24) is 0 Å². The molecule has 0 saturated heterocycles. The maximum atomic E-state index is 6.37. The van der Waals surface area contributed by atoms with Crippen LogP contribution in [0.15, 0.2) is 66.7 Å². The van der Waals surface area contributed by atoms with Crippen LogP contribution >= 0.6 is 0 Å². The number of methoxy groups -OCH3 is 1. The molecular formula is C19H19NO. The lowest BCUT2D eigenvalue weighted by atomic mass is 9.95.